The minimum absolute atomic E-state index is 0.204. The lowest BCUT2D eigenvalue weighted by Gasteiger charge is -2.38. The molecule has 2 aliphatic rings. The Balaban J connectivity index is 1.04. The third kappa shape index (κ3) is 6.58. The Labute approximate surface area is 307 Å². The van der Waals surface area contributed by atoms with Crippen LogP contribution in [0.5, 0.6) is 0 Å². The molecule has 266 valence electrons. The van der Waals surface area contributed by atoms with Gasteiger partial charge in [0.2, 0.25) is 5.91 Å². The topological polar surface area (TPSA) is 92.6 Å². The second kappa shape index (κ2) is 14.5. The van der Waals surface area contributed by atoms with Crippen molar-refractivity contribution in [1.82, 2.24) is 25.2 Å². The van der Waals surface area contributed by atoms with Crippen LogP contribution in [0, 0.1) is 5.82 Å². The van der Waals surface area contributed by atoms with Crippen molar-refractivity contribution < 1.29 is 18.7 Å². The van der Waals surface area contributed by atoms with E-state index in [2.05, 4.69) is 105 Å². The molecule has 0 spiro atoms. The molecule has 1 atom stereocenters. The van der Waals surface area contributed by atoms with Crippen LogP contribution in [0.1, 0.15) is 40.4 Å². The van der Waals surface area contributed by atoms with Gasteiger partial charge in [-0.15, -0.1) is 5.10 Å². The number of hydrogen-bond acceptors (Lipinski definition) is 6. The molecule has 1 N–H and O–H groups in total. The number of nitrogens with one attached hydrogen (secondary N) is 1. The Morgan fingerprint density at radius 2 is 1.53 bits per heavy atom. The fourth-order valence-corrected chi connectivity index (χ4v) is 7.70. The van der Waals surface area contributed by atoms with E-state index in [1.54, 1.807) is 12.1 Å². The highest BCUT2D eigenvalue weighted by atomic mass is 19.1. The normalized spacial score (nSPS) is 15.9. The van der Waals surface area contributed by atoms with E-state index in [1.807, 2.05) is 30.5 Å². The number of aromatic nitrogens is 3. The molecule has 2 aliphatic heterocycles. The number of hydrogen-bond donors (Lipinski definition) is 1. The van der Waals surface area contributed by atoms with Crippen LogP contribution in [0.3, 0.4) is 0 Å². The summed E-state index contributed by atoms with van der Waals surface area (Å²) in [6.45, 7) is 4.03. The molecule has 1 unspecified atom stereocenters. The number of rotatable bonds is 10. The Hall–Kier alpha value is -6.13. The summed E-state index contributed by atoms with van der Waals surface area (Å²) in [4.78, 5) is 27.6. The van der Waals surface area contributed by atoms with Crippen molar-refractivity contribution >= 4 is 17.7 Å². The molecular weight excluding hydrogens is 668 g/mol. The van der Waals surface area contributed by atoms with Crippen molar-refractivity contribution in [2.24, 2.45) is 0 Å². The van der Waals surface area contributed by atoms with Crippen LogP contribution in [0.25, 0.3) is 11.1 Å². The first-order valence-electron chi connectivity index (χ1n) is 17.8. The van der Waals surface area contributed by atoms with E-state index in [0.29, 0.717) is 17.8 Å². The van der Waals surface area contributed by atoms with E-state index in [0.717, 1.165) is 47.5 Å². The number of carbonyl (C=O) groups excluding carboxylic acids is 2. The average molecular weight is 707 g/mol. The van der Waals surface area contributed by atoms with E-state index in [1.165, 1.54) is 29.0 Å². The van der Waals surface area contributed by atoms with Crippen LogP contribution < -0.4 is 10.2 Å². The highest BCUT2D eigenvalue weighted by molar-refractivity contribution is 5.90. The van der Waals surface area contributed by atoms with Crippen LogP contribution >= 0.6 is 0 Å². The van der Waals surface area contributed by atoms with E-state index >= 15 is 4.39 Å². The lowest BCUT2D eigenvalue weighted by atomic mass is 9.77. The first-order valence-corrected chi connectivity index (χ1v) is 17.8. The maximum Gasteiger partial charge on any atom is 0.414 e. The maximum atomic E-state index is 15.6. The van der Waals surface area contributed by atoms with Gasteiger partial charge in [0, 0.05) is 32.1 Å². The van der Waals surface area contributed by atoms with Gasteiger partial charge in [-0.25, -0.2) is 13.9 Å². The third-order valence-electron chi connectivity index (χ3n) is 10.2. The summed E-state index contributed by atoms with van der Waals surface area (Å²) in [6.07, 6.45) is 1.63. The number of halogens is 1. The predicted octanol–water partition coefficient (Wildman–Crippen LogP) is 6.94. The number of carbonyl (C=O) groups is 2. The highest BCUT2D eigenvalue weighted by Crippen LogP contribution is 2.41. The second-order valence-corrected chi connectivity index (χ2v) is 13.6. The molecule has 0 saturated carbocycles. The van der Waals surface area contributed by atoms with Gasteiger partial charge in [-0.3, -0.25) is 14.6 Å². The Morgan fingerprint density at radius 3 is 2.15 bits per heavy atom. The molecule has 10 heteroatoms. The summed E-state index contributed by atoms with van der Waals surface area (Å²) in [6, 6.07) is 42.4. The van der Waals surface area contributed by atoms with Gasteiger partial charge in [0.05, 0.1) is 30.7 Å². The number of fused-ring (bicyclic) bond motifs is 1. The van der Waals surface area contributed by atoms with Crippen molar-refractivity contribution in [3.8, 4) is 11.1 Å². The molecule has 1 fully saturated rings. The molecule has 9 nitrogen and oxygen atoms in total. The molecule has 6 aromatic rings. The molecule has 5 aromatic carbocycles. The number of anilines is 1. The molecule has 0 aliphatic carbocycles. The van der Waals surface area contributed by atoms with E-state index in [-0.39, 0.29) is 19.0 Å². The standard InChI is InChI=1S/C43H39FN6O3/c1-30(51)45-26-39-29-49(42(52)53-39)37-19-20-40(41(44)24-37)32-17-18-33-27-48(22-21-31(33)23-32)28-38-25-46-47-50(38)43(34-11-5-2-6-12-34,35-13-7-3-8-14-35)36-15-9-4-10-16-36/h2-20,23-25,39H,21-22,26-29H2,1H3,(H,45,51). The van der Waals surface area contributed by atoms with E-state index in [4.69, 9.17) is 9.95 Å². The molecule has 1 saturated heterocycles. The predicted molar refractivity (Wildman–Crippen MR) is 201 cm³/mol. The van der Waals surface area contributed by atoms with Gasteiger partial charge in [0.15, 0.2) is 0 Å². The minimum Gasteiger partial charge on any atom is -0.442 e. The van der Waals surface area contributed by atoms with Crippen molar-refractivity contribution in [3.63, 3.8) is 0 Å². The number of cyclic esters (lactones) is 1. The van der Waals surface area contributed by atoms with Gasteiger partial charge in [-0.1, -0.05) is 114 Å². The quantitative estimate of drug-likeness (QED) is 0.155. The van der Waals surface area contributed by atoms with Gasteiger partial charge in [0.1, 0.15) is 17.5 Å². The van der Waals surface area contributed by atoms with Crippen molar-refractivity contribution in [3.05, 3.63) is 173 Å². The fourth-order valence-electron chi connectivity index (χ4n) is 7.70. The number of benzene rings is 5. The van der Waals surface area contributed by atoms with Crippen LogP contribution in [0.15, 0.2) is 134 Å². The number of amides is 2. The summed E-state index contributed by atoms with van der Waals surface area (Å²) in [7, 11) is 0. The van der Waals surface area contributed by atoms with Crippen molar-refractivity contribution in [1.29, 1.82) is 0 Å². The molecular formula is C43H39FN6O3. The molecule has 2 amide bonds. The zero-order valence-electron chi connectivity index (χ0n) is 29.4. The summed E-state index contributed by atoms with van der Waals surface area (Å²) in [5.74, 6) is -0.623. The zero-order valence-corrected chi connectivity index (χ0v) is 29.4. The van der Waals surface area contributed by atoms with Crippen molar-refractivity contribution in [2.75, 3.05) is 24.5 Å². The van der Waals surface area contributed by atoms with Crippen LogP contribution in [-0.2, 0) is 34.6 Å². The maximum absolute atomic E-state index is 15.6. The Kier molecular flexibility index (Phi) is 9.28. The highest BCUT2D eigenvalue weighted by Gasteiger charge is 2.41. The molecule has 0 radical (unpaired) electrons. The Morgan fingerprint density at radius 1 is 0.868 bits per heavy atom. The minimum atomic E-state index is -0.749. The van der Waals surface area contributed by atoms with Gasteiger partial charge in [-0.05, 0) is 58.0 Å². The molecule has 53 heavy (non-hydrogen) atoms. The number of nitrogens with zero attached hydrogens (tertiary/aromatic N) is 5. The molecule has 1 aromatic heterocycles. The van der Waals surface area contributed by atoms with Crippen LogP contribution in [0.2, 0.25) is 0 Å². The summed E-state index contributed by atoms with van der Waals surface area (Å²) in [5.41, 5.74) is 7.57. The fraction of sp³-hybridized carbons (Fsp3) is 0.209. The zero-order chi connectivity index (χ0) is 36.4. The third-order valence-corrected chi connectivity index (χ3v) is 10.2. The SMILES string of the molecule is CC(=O)NCC1CN(c2ccc(-c3ccc4c(c3)CCN(Cc3cnnn3C(c3ccccc3)(c3ccccc3)c3ccccc3)C4)c(F)c2)C(=O)O1. The second-order valence-electron chi connectivity index (χ2n) is 13.6. The average Bonchev–Trinajstić information content (AvgIpc) is 3.81. The molecule has 3 heterocycles. The van der Waals surface area contributed by atoms with Crippen LogP contribution in [0.4, 0.5) is 14.9 Å². The number of ether oxygens (including phenoxy) is 1. The van der Waals surface area contributed by atoms with Gasteiger partial charge in [0.25, 0.3) is 0 Å². The van der Waals surface area contributed by atoms with Gasteiger partial charge in [-0.2, -0.15) is 0 Å². The van der Waals surface area contributed by atoms with Gasteiger partial charge < -0.3 is 10.1 Å². The first-order chi connectivity index (χ1) is 25.9. The lowest BCUT2D eigenvalue weighted by Crippen LogP contribution is -2.41. The Bertz CT molecular complexity index is 2150. The van der Waals surface area contributed by atoms with E-state index < -0.39 is 23.6 Å². The largest absolute Gasteiger partial charge is 0.442 e. The van der Waals surface area contributed by atoms with Crippen molar-refractivity contribution in [2.45, 2.75) is 38.1 Å². The molecule has 8 rings (SSSR count). The lowest BCUT2D eigenvalue weighted by molar-refractivity contribution is -0.119. The summed E-state index contributed by atoms with van der Waals surface area (Å²) >= 11 is 0. The first kappa shape index (κ1) is 34.0. The summed E-state index contributed by atoms with van der Waals surface area (Å²) in [5, 5.41) is 11.9. The van der Waals surface area contributed by atoms with E-state index in [9.17, 15) is 9.59 Å². The van der Waals surface area contributed by atoms with Gasteiger partial charge >= 0.3 is 6.09 Å². The van der Waals surface area contributed by atoms with Crippen LogP contribution in [-0.4, -0.2) is 57.6 Å². The molecule has 0 bridgehead atoms. The smallest absolute Gasteiger partial charge is 0.414 e. The monoisotopic (exact) mass is 706 g/mol. The summed E-state index contributed by atoms with van der Waals surface area (Å²) < 4.78 is 23.1.